The molecule has 1 aliphatic rings. The van der Waals surface area contributed by atoms with Gasteiger partial charge in [0.05, 0.1) is 33.2 Å². The Bertz CT molecular complexity index is 1060. The second-order valence-corrected chi connectivity index (χ2v) is 8.38. The molecule has 28 heavy (non-hydrogen) atoms. The van der Waals surface area contributed by atoms with Crippen molar-refractivity contribution in [3.8, 4) is 6.07 Å². The highest BCUT2D eigenvalue weighted by atomic mass is 35.5. The van der Waals surface area contributed by atoms with Gasteiger partial charge in [0.25, 0.3) is 5.91 Å². The fourth-order valence-corrected chi connectivity index (χ4v) is 4.85. The van der Waals surface area contributed by atoms with Gasteiger partial charge < -0.3 is 4.42 Å². The lowest BCUT2D eigenvalue weighted by Gasteiger charge is -2.19. The summed E-state index contributed by atoms with van der Waals surface area (Å²) in [5.74, 6) is 0.698. The molecule has 0 bridgehead atoms. The van der Waals surface area contributed by atoms with E-state index in [1.165, 1.54) is 16.8 Å². The number of benzene rings is 1. The first-order chi connectivity index (χ1) is 13.7. The first-order valence-corrected chi connectivity index (χ1v) is 10.7. The van der Waals surface area contributed by atoms with Crippen molar-refractivity contribution in [2.24, 2.45) is 5.10 Å². The molecule has 5 nitrogen and oxygen atoms in total. The van der Waals surface area contributed by atoms with Gasteiger partial charge in [0.15, 0.2) is 0 Å². The zero-order valence-corrected chi connectivity index (χ0v) is 16.9. The first kappa shape index (κ1) is 18.8. The van der Waals surface area contributed by atoms with E-state index in [2.05, 4.69) is 11.2 Å². The summed E-state index contributed by atoms with van der Waals surface area (Å²) in [4.78, 5) is 14.7. The number of thioether (sulfide) groups is 1. The fraction of sp³-hybridized carbons (Fsp3) is 0.150. The number of hydrazone groups is 1. The van der Waals surface area contributed by atoms with E-state index in [9.17, 15) is 10.1 Å². The van der Waals surface area contributed by atoms with E-state index in [4.69, 9.17) is 16.0 Å². The number of amides is 1. The van der Waals surface area contributed by atoms with Crippen LogP contribution < -0.4 is 0 Å². The number of thiophene rings is 1. The van der Waals surface area contributed by atoms with E-state index >= 15 is 0 Å². The Morgan fingerprint density at radius 2 is 2.25 bits per heavy atom. The summed E-state index contributed by atoms with van der Waals surface area (Å²) >= 11 is 8.95. The van der Waals surface area contributed by atoms with E-state index in [1.807, 2.05) is 23.6 Å². The molecule has 8 heteroatoms. The van der Waals surface area contributed by atoms with Gasteiger partial charge >= 0.3 is 0 Å². The normalized spacial score (nSPS) is 16.1. The second-order valence-electron chi connectivity index (χ2n) is 6.01. The van der Waals surface area contributed by atoms with Crippen molar-refractivity contribution in [3.05, 3.63) is 75.3 Å². The summed E-state index contributed by atoms with van der Waals surface area (Å²) in [7, 11) is 0. The van der Waals surface area contributed by atoms with E-state index in [0.29, 0.717) is 27.7 Å². The van der Waals surface area contributed by atoms with Crippen molar-refractivity contribution >= 4 is 46.3 Å². The Morgan fingerprint density at radius 1 is 1.36 bits per heavy atom. The molecule has 0 saturated carbocycles. The molecule has 0 N–H and O–H groups in total. The number of carbonyl (C=O) groups is 1. The van der Waals surface area contributed by atoms with Crippen molar-refractivity contribution in [2.45, 2.75) is 17.4 Å². The third kappa shape index (κ3) is 3.72. The highest BCUT2D eigenvalue weighted by Crippen LogP contribution is 2.35. The predicted octanol–water partition coefficient (Wildman–Crippen LogP) is 5.34. The van der Waals surface area contributed by atoms with Crippen molar-refractivity contribution in [3.63, 3.8) is 0 Å². The van der Waals surface area contributed by atoms with Crippen LogP contribution in [-0.2, 0) is 4.79 Å². The van der Waals surface area contributed by atoms with E-state index in [-0.39, 0.29) is 17.7 Å². The molecule has 4 rings (SSSR count). The molecule has 0 fully saturated rings. The molecule has 3 aromatic rings. The Kier molecular flexibility index (Phi) is 5.53. The highest BCUT2D eigenvalue weighted by molar-refractivity contribution is 8.00. The van der Waals surface area contributed by atoms with Gasteiger partial charge in [0.1, 0.15) is 17.9 Å². The largest absolute Gasteiger partial charge is 0.467 e. The van der Waals surface area contributed by atoms with Gasteiger partial charge in [-0.25, -0.2) is 5.01 Å². The minimum atomic E-state index is -0.269. The number of halogens is 1. The minimum Gasteiger partial charge on any atom is -0.467 e. The molecular formula is C20H14ClN3O2S2. The van der Waals surface area contributed by atoms with Crippen molar-refractivity contribution < 1.29 is 9.21 Å². The number of nitrogens with zero attached hydrogens (tertiary/aromatic N) is 3. The molecule has 2 aromatic heterocycles. The van der Waals surface area contributed by atoms with Crippen LogP contribution in [0.15, 0.2) is 68.5 Å². The number of nitriles is 1. The van der Waals surface area contributed by atoms with E-state index in [0.717, 1.165) is 10.6 Å². The van der Waals surface area contributed by atoms with Crippen LogP contribution >= 0.6 is 34.7 Å². The molecule has 140 valence electrons. The van der Waals surface area contributed by atoms with Crippen molar-refractivity contribution in [2.75, 3.05) is 5.75 Å². The molecule has 0 spiro atoms. The lowest BCUT2D eigenvalue weighted by Crippen LogP contribution is -2.28. The van der Waals surface area contributed by atoms with Gasteiger partial charge in [0.2, 0.25) is 0 Å². The molecule has 1 amide bonds. The van der Waals surface area contributed by atoms with Crippen LogP contribution in [0.5, 0.6) is 0 Å². The number of hydrogen-bond donors (Lipinski definition) is 0. The molecule has 0 saturated heterocycles. The molecular weight excluding hydrogens is 414 g/mol. The maximum atomic E-state index is 13.0. The van der Waals surface area contributed by atoms with Crippen LogP contribution in [0, 0.1) is 11.3 Å². The van der Waals surface area contributed by atoms with Gasteiger partial charge in [-0.15, -0.1) is 23.1 Å². The fourth-order valence-electron chi connectivity index (χ4n) is 2.97. The van der Waals surface area contributed by atoms with Crippen LogP contribution in [-0.4, -0.2) is 22.4 Å². The predicted molar refractivity (Wildman–Crippen MR) is 111 cm³/mol. The maximum absolute atomic E-state index is 13.0. The zero-order valence-electron chi connectivity index (χ0n) is 14.5. The van der Waals surface area contributed by atoms with Crippen LogP contribution in [0.2, 0.25) is 5.02 Å². The monoisotopic (exact) mass is 427 g/mol. The van der Waals surface area contributed by atoms with Crippen molar-refractivity contribution in [1.82, 2.24) is 5.01 Å². The standard InChI is InChI=1S/C20H14ClN3O2S2/c21-14-4-1-6-18(13(14)11-22)28-12-20(25)24-16(17-5-2-8-26-17)10-15(23-24)19-7-3-9-27-19/h1-9,16H,10,12H2. The quantitative estimate of drug-likeness (QED) is 0.515. The van der Waals surface area contributed by atoms with Crippen LogP contribution in [0.3, 0.4) is 0 Å². The number of rotatable bonds is 5. The number of hydrogen-bond acceptors (Lipinski definition) is 6. The average molecular weight is 428 g/mol. The smallest absolute Gasteiger partial charge is 0.253 e. The third-order valence-electron chi connectivity index (χ3n) is 4.28. The summed E-state index contributed by atoms with van der Waals surface area (Å²) in [5, 5.41) is 17.8. The Morgan fingerprint density at radius 3 is 2.96 bits per heavy atom. The number of furan rings is 1. The van der Waals surface area contributed by atoms with Crippen molar-refractivity contribution in [1.29, 1.82) is 5.26 Å². The summed E-state index contributed by atoms with van der Waals surface area (Å²) in [5.41, 5.74) is 1.25. The third-order valence-corrected chi connectivity index (χ3v) is 6.56. The molecule has 3 heterocycles. The van der Waals surface area contributed by atoms with Gasteiger partial charge in [-0.2, -0.15) is 10.4 Å². The molecule has 0 aliphatic carbocycles. The van der Waals surface area contributed by atoms with E-state index < -0.39 is 0 Å². The summed E-state index contributed by atoms with van der Waals surface area (Å²) in [6, 6.07) is 14.7. The zero-order chi connectivity index (χ0) is 19.5. The Labute approximate surface area is 175 Å². The first-order valence-electron chi connectivity index (χ1n) is 8.45. The number of carbonyl (C=O) groups excluding carboxylic acids is 1. The Balaban J connectivity index is 1.55. The van der Waals surface area contributed by atoms with Gasteiger partial charge in [-0.3, -0.25) is 4.79 Å². The second kappa shape index (κ2) is 8.23. The summed E-state index contributed by atoms with van der Waals surface area (Å²) < 4.78 is 5.55. The molecule has 0 radical (unpaired) electrons. The van der Waals surface area contributed by atoms with Gasteiger partial charge in [0, 0.05) is 11.3 Å². The lowest BCUT2D eigenvalue weighted by molar-refractivity contribution is -0.130. The average Bonchev–Trinajstić information content (AvgIpc) is 3.46. The van der Waals surface area contributed by atoms with Crippen LogP contribution in [0.4, 0.5) is 0 Å². The highest BCUT2D eigenvalue weighted by Gasteiger charge is 2.35. The topological polar surface area (TPSA) is 69.6 Å². The van der Waals surface area contributed by atoms with Gasteiger partial charge in [-0.05, 0) is 35.7 Å². The molecule has 1 unspecified atom stereocenters. The lowest BCUT2D eigenvalue weighted by atomic mass is 10.1. The Hall–Kier alpha value is -2.53. The molecule has 1 aromatic carbocycles. The van der Waals surface area contributed by atoms with Crippen LogP contribution in [0.25, 0.3) is 0 Å². The molecule has 1 aliphatic heterocycles. The van der Waals surface area contributed by atoms with Crippen LogP contribution in [0.1, 0.15) is 28.7 Å². The SMILES string of the molecule is N#Cc1c(Cl)cccc1SCC(=O)N1N=C(c2cccs2)CC1c1ccco1. The summed E-state index contributed by atoms with van der Waals surface area (Å²) in [6.07, 6.45) is 2.20. The maximum Gasteiger partial charge on any atom is 0.253 e. The minimum absolute atomic E-state index is 0.146. The van der Waals surface area contributed by atoms with E-state index in [1.54, 1.807) is 41.9 Å². The molecule has 1 atom stereocenters. The summed E-state index contributed by atoms with van der Waals surface area (Å²) in [6.45, 7) is 0. The van der Waals surface area contributed by atoms with Gasteiger partial charge in [-0.1, -0.05) is 23.7 Å².